The lowest BCUT2D eigenvalue weighted by Crippen LogP contribution is -2.18. The molecule has 7 nitrogen and oxygen atoms in total. The molecule has 0 aliphatic rings. The Morgan fingerprint density at radius 3 is 2.42 bits per heavy atom. The predicted octanol–water partition coefficient (Wildman–Crippen LogP) is 5.23. The van der Waals surface area contributed by atoms with E-state index in [0.29, 0.717) is 17.2 Å². The Kier molecular flexibility index (Phi) is 7.97. The van der Waals surface area contributed by atoms with Gasteiger partial charge >= 0.3 is 5.97 Å². The van der Waals surface area contributed by atoms with Crippen LogP contribution in [0.5, 0.6) is 11.5 Å². The Morgan fingerprint density at radius 2 is 1.76 bits per heavy atom. The number of carbonyl (C=O) groups is 1. The van der Waals surface area contributed by atoms with E-state index in [4.69, 9.17) is 32.7 Å². The van der Waals surface area contributed by atoms with Crippen LogP contribution in [0.3, 0.4) is 0 Å². The molecule has 0 aromatic heterocycles. The van der Waals surface area contributed by atoms with Gasteiger partial charge in [-0.2, -0.15) is 13.5 Å². The minimum atomic E-state index is -3.80. The number of hydrogen-bond donors (Lipinski definition) is 1. The van der Waals surface area contributed by atoms with E-state index in [2.05, 4.69) is 9.93 Å². The Balaban J connectivity index is 1.76. The molecule has 3 rings (SSSR count). The summed E-state index contributed by atoms with van der Waals surface area (Å²) >= 11 is 11.9. The van der Waals surface area contributed by atoms with Crippen molar-refractivity contribution in [2.24, 2.45) is 5.10 Å². The highest BCUT2D eigenvalue weighted by molar-refractivity contribution is 7.89. The van der Waals surface area contributed by atoms with Gasteiger partial charge in [-0.25, -0.2) is 9.63 Å². The summed E-state index contributed by atoms with van der Waals surface area (Å²) in [6.45, 7) is 3.95. The first kappa shape index (κ1) is 24.6. The Labute approximate surface area is 202 Å². The van der Waals surface area contributed by atoms with Crippen LogP contribution in [0.4, 0.5) is 0 Å². The van der Waals surface area contributed by atoms with Gasteiger partial charge in [0.2, 0.25) is 0 Å². The van der Waals surface area contributed by atoms with Crippen molar-refractivity contribution >= 4 is 45.4 Å². The van der Waals surface area contributed by atoms with Crippen LogP contribution in [0.25, 0.3) is 0 Å². The largest absolute Gasteiger partial charge is 0.490 e. The standard InChI is InChI=1S/C23H20Cl2N2O5S/c1-3-31-22-12-16(14-26-27-33(29,30)18-8-4-15(2)5-9-18)6-11-21(22)32-23(28)19-10-7-17(24)13-20(19)25/h4-14,27H,3H2,1-2H3/b26-14-. The molecule has 0 aliphatic carbocycles. The molecule has 0 radical (unpaired) electrons. The molecular formula is C23H20Cl2N2O5S. The summed E-state index contributed by atoms with van der Waals surface area (Å²) in [5.74, 6) is -0.226. The van der Waals surface area contributed by atoms with Crippen LogP contribution in [-0.2, 0) is 10.0 Å². The van der Waals surface area contributed by atoms with E-state index in [1.54, 1.807) is 31.2 Å². The number of nitrogens with one attached hydrogen (secondary N) is 1. The minimum absolute atomic E-state index is 0.100. The van der Waals surface area contributed by atoms with Gasteiger partial charge in [0.1, 0.15) is 0 Å². The maximum absolute atomic E-state index is 12.5. The van der Waals surface area contributed by atoms with Crippen molar-refractivity contribution in [1.82, 2.24) is 4.83 Å². The number of aryl methyl sites for hydroxylation is 1. The molecule has 0 bridgehead atoms. The number of rotatable bonds is 8. The molecule has 0 unspecified atom stereocenters. The van der Waals surface area contributed by atoms with Crippen LogP contribution >= 0.6 is 23.2 Å². The SMILES string of the molecule is CCOc1cc(/C=N\NS(=O)(=O)c2ccc(C)cc2)ccc1OC(=O)c1ccc(Cl)cc1Cl. The molecule has 0 atom stereocenters. The average Bonchev–Trinajstić information content (AvgIpc) is 2.75. The number of esters is 1. The zero-order chi connectivity index (χ0) is 24.0. The molecule has 0 heterocycles. The third-order valence-corrected chi connectivity index (χ3v) is 6.13. The normalized spacial score (nSPS) is 11.4. The summed E-state index contributed by atoms with van der Waals surface area (Å²) < 4.78 is 35.7. The van der Waals surface area contributed by atoms with E-state index in [9.17, 15) is 13.2 Å². The van der Waals surface area contributed by atoms with Gasteiger partial charge in [-0.15, -0.1) is 0 Å². The summed E-state index contributed by atoms with van der Waals surface area (Å²) in [6, 6.07) is 15.5. The minimum Gasteiger partial charge on any atom is -0.490 e. The topological polar surface area (TPSA) is 94.1 Å². The second-order valence-corrected chi connectivity index (χ2v) is 9.32. The molecule has 0 saturated carbocycles. The van der Waals surface area contributed by atoms with Crippen molar-refractivity contribution in [3.8, 4) is 11.5 Å². The van der Waals surface area contributed by atoms with E-state index < -0.39 is 16.0 Å². The highest BCUT2D eigenvalue weighted by Crippen LogP contribution is 2.30. The third-order valence-electron chi connectivity index (χ3n) is 4.34. The second-order valence-electron chi connectivity index (χ2n) is 6.82. The number of hydrogen-bond acceptors (Lipinski definition) is 6. The van der Waals surface area contributed by atoms with Gasteiger partial charge in [-0.3, -0.25) is 0 Å². The van der Waals surface area contributed by atoms with E-state index >= 15 is 0 Å². The Hall–Kier alpha value is -3.07. The van der Waals surface area contributed by atoms with Gasteiger partial charge in [0, 0.05) is 5.02 Å². The summed E-state index contributed by atoms with van der Waals surface area (Å²) in [7, 11) is -3.80. The zero-order valence-corrected chi connectivity index (χ0v) is 20.0. The van der Waals surface area contributed by atoms with Crippen LogP contribution in [0.15, 0.2) is 70.7 Å². The fraction of sp³-hybridized carbons (Fsp3) is 0.130. The van der Waals surface area contributed by atoms with Crippen molar-refractivity contribution in [2.75, 3.05) is 6.61 Å². The molecule has 172 valence electrons. The van der Waals surface area contributed by atoms with E-state index in [1.807, 2.05) is 6.92 Å². The molecule has 0 saturated heterocycles. The molecule has 0 amide bonds. The molecule has 3 aromatic rings. The predicted molar refractivity (Wildman–Crippen MR) is 128 cm³/mol. The zero-order valence-electron chi connectivity index (χ0n) is 17.7. The lowest BCUT2D eigenvalue weighted by atomic mass is 10.2. The smallest absolute Gasteiger partial charge is 0.345 e. The van der Waals surface area contributed by atoms with Gasteiger partial charge in [0.05, 0.1) is 28.3 Å². The van der Waals surface area contributed by atoms with Crippen molar-refractivity contribution in [3.05, 3.63) is 87.4 Å². The quantitative estimate of drug-likeness (QED) is 0.195. The van der Waals surface area contributed by atoms with Gasteiger partial charge in [0.15, 0.2) is 11.5 Å². The summed E-state index contributed by atoms with van der Waals surface area (Å²) in [5, 5.41) is 4.37. The number of nitrogens with zero attached hydrogens (tertiary/aromatic N) is 1. The third kappa shape index (κ3) is 6.47. The number of hydrazone groups is 1. The molecule has 0 aliphatic heterocycles. The number of sulfonamides is 1. The molecule has 0 fully saturated rings. The summed E-state index contributed by atoms with van der Waals surface area (Å²) in [5.41, 5.74) is 1.62. The maximum atomic E-state index is 12.5. The van der Waals surface area contributed by atoms with Crippen molar-refractivity contribution < 1.29 is 22.7 Å². The Bertz CT molecular complexity index is 1290. The van der Waals surface area contributed by atoms with Crippen LogP contribution in [0.1, 0.15) is 28.4 Å². The lowest BCUT2D eigenvalue weighted by molar-refractivity contribution is 0.0728. The fourth-order valence-corrected chi connectivity index (χ4v) is 3.98. The Morgan fingerprint density at radius 1 is 1.03 bits per heavy atom. The first-order valence-electron chi connectivity index (χ1n) is 9.75. The van der Waals surface area contributed by atoms with E-state index in [-0.39, 0.29) is 27.0 Å². The van der Waals surface area contributed by atoms with Crippen LogP contribution in [0, 0.1) is 6.92 Å². The molecule has 1 N–H and O–H groups in total. The van der Waals surface area contributed by atoms with Crippen LogP contribution < -0.4 is 14.3 Å². The number of carbonyl (C=O) groups excluding carboxylic acids is 1. The summed E-state index contributed by atoms with van der Waals surface area (Å²) in [6.07, 6.45) is 1.32. The van der Waals surface area contributed by atoms with Gasteiger partial charge in [-0.1, -0.05) is 40.9 Å². The van der Waals surface area contributed by atoms with Crippen molar-refractivity contribution in [1.29, 1.82) is 0 Å². The molecule has 10 heteroatoms. The van der Waals surface area contributed by atoms with Gasteiger partial charge < -0.3 is 9.47 Å². The van der Waals surface area contributed by atoms with Crippen molar-refractivity contribution in [2.45, 2.75) is 18.7 Å². The average molecular weight is 507 g/mol. The number of ether oxygens (including phenoxy) is 2. The van der Waals surface area contributed by atoms with Crippen LogP contribution in [0.2, 0.25) is 10.0 Å². The second kappa shape index (κ2) is 10.7. The highest BCUT2D eigenvalue weighted by atomic mass is 35.5. The van der Waals surface area contributed by atoms with Gasteiger partial charge in [0.25, 0.3) is 10.0 Å². The van der Waals surface area contributed by atoms with E-state index in [0.717, 1.165) is 5.56 Å². The maximum Gasteiger partial charge on any atom is 0.345 e. The van der Waals surface area contributed by atoms with E-state index in [1.165, 1.54) is 42.6 Å². The lowest BCUT2D eigenvalue weighted by Gasteiger charge is -2.12. The molecule has 3 aromatic carbocycles. The first-order valence-corrected chi connectivity index (χ1v) is 12.0. The fourth-order valence-electron chi connectivity index (χ4n) is 2.71. The molecule has 0 spiro atoms. The first-order chi connectivity index (χ1) is 15.7. The molecular weight excluding hydrogens is 487 g/mol. The molecule has 33 heavy (non-hydrogen) atoms. The van der Waals surface area contributed by atoms with Crippen LogP contribution in [-0.4, -0.2) is 27.2 Å². The summed E-state index contributed by atoms with van der Waals surface area (Å²) in [4.78, 5) is 14.8. The number of benzene rings is 3. The van der Waals surface area contributed by atoms with Gasteiger partial charge in [-0.05, 0) is 67.9 Å². The monoisotopic (exact) mass is 506 g/mol. The van der Waals surface area contributed by atoms with Crippen molar-refractivity contribution in [3.63, 3.8) is 0 Å². The number of halogens is 2. The highest BCUT2D eigenvalue weighted by Gasteiger charge is 2.16.